The first-order valence-electron chi connectivity index (χ1n) is 9.52. The van der Waals surface area contributed by atoms with Crippen molar-refractivity contribution in [1.29, 1.82) is 0 Å². The van der Waals surface area contributed by atoms with Crippen molar-refractivity contribution in [1.82, 2.24) is 9.97 Å². The van der Waals surface area contributed by atoms with E-state index >= 15 is 0 Å². The lowest BCUT2D eigenvalue weighted by atomic mass is 10.1. The van der Waals surface area contributed by atoms with Gasteiger partial charge in [0.2, 0.25) is 5.88 Å². The van der Waals surface area contributed by atoms with Crippen LogP contribution in [0, 0.1) is 5.82 Å². The summed E-state index contributed by atoms with van der Waals surface area (Å²) in [6.07, 6.45) is 7.00. The van der Waals surface area contributed by atoms with Gasteiger partial charge in [0.15, 0.2) is 0 Å². The summed E-state index contributed by atoms with van der Waals surface area (Å²) in [5, 5.41) is 0. The van der Waals surface area contributed by atoms with E-state index < -0.39 is 11.8 Å². The molecule has 0 aliphatic carbocycles. The molecule has 0 amide bonds. The van der Waals surface area contributed by atoms with Gasteiger partial charge in [0.1, 0.15) is 5.82 Å². The maximum absolute atomic E-state index is 14.0. The SMILES string of the molecule is CCCCc1ccc(-c2cnc(OC(=O)c3ccc(CC)cc3F)cn2)cc1. The van der Waals surface area contributed by atoms with E-state index in [-0.39, 0.29) is 11.4 Å². The van der Waals surface area contributed by atoms with Crippen molar-refractivity contribution in [3.63, 3.8) is 0 Å². The van der Waals surface area contributed by atoms with Crippen molar-refractivity contribution < 1.29 is 13.9 Å². The zero-order chi connectivity index (χ0) is 19.9. The van der Waals surface area contributed by atoms with Gasteiger partial charge in [0.25, 0.3) is 0 Å². The molecule has 1 aromatic heterocycles. The number of benzene rings is 2. The third-order valence-corrected chi connectivity index (χ3v) is 4.56. The molecule has 0 aliphatic rings. The number of hydrogen-bond donors (Lipinski definition) is 0. The summed E-state index contributed by atoms with van der Waals surface area (Å²) in [5.74, 6) is -1.35. The molecule has 0 atom stereocenters. The Bertz CT molecular complexity index is 938. The maximum Gasteiger partial charge on any atom is 0.347 e. The minimum absolute atomic E-state index is 0.0345. The van der Waals surface area contributed by atoms with E-state index in [9.17, 15) is 9.18 Å². The quantitative estimate of drug-likeness (QED) is 0.516. The smallest absolute Gasteiger partial charge is 0.347 e. The van der Waals surface area contributed by atoms with Gasteiger partial charge >= 0.3 is 5.97 Å². The molecule has 4 nitrogen and oxygen atoms in total. The molecule has 0 spiro atoms. The van der Waals surface area contributed by atoms with Crippen LogP contribution in [0.4, 0.5) is 4.39 Å². The Hall–Kier alpha value is -3.08. The van der Waals surface area contributed by atoms with Gasteiger partial charge in [-0.2, -0.15) is 0 Å². The summed E-state index contributed by atoms with van der Waals surface area (Å²) < 4.78 is 19.2. The fourth-order valence-electron chi connectivity index (χ4n) is 2.84. The van der Waals surface area contributed by atoms with E-state index in [1.54, 1.807) is 12.3 Å². The number of unbranched alkanes of at least 4 members (excludes halogenated alkanes) is 1. The van der Waals surface area contributed by atoms with Gasteiger partial charge in [-0.3, -0.25) is 0 Å². The summed E-state index contributed by atoms with van der Waals surface area (Å²) in [6.45, 7) is 4.09. The molecular formula is C23H23FN2O2. The first-order chi connectivity index (χ1) is 13.6. The van der Waals surface area contributed by atoms with Crippen molar-refractivity contribution in [3.05, 3.63) is 77.4 Å². The molecular weight excluding hydrogens is 355 g/mol. The number of nitrogens with zero attached hydrogens (tertiary/aromatic N) is 2. The molecule has 0 saturated carbocycles. The summed E-state index contributed by atoms with van der Waals surface area (Å²) in [7, 11) is 0. The number of hydrogen-bond acceptors (Lipinski definition) is 4. The number of esters is 1. The third kappa shape index (κ3) is 4.80. The molecule has 0 bridgehead atoms. The van der Waals surface area contributed by atoms with E-state index in [1.165, 1.54) is 36.7 Å². The van der Waals surface area contributed by atoms with E-state index in [0.29, 0.717) is 12.1 Å². The monoisotopic (exact) mass is 378 g/mol. The standard InChI is InChI=1S/C23H23FN2O2/c1-3-5-6-17-7-10-18(11-8-17)21-14-26-22(15-25-21)28-23(27)19-12-9-16(4-2)13-20(19)24/h7-15H,3-6H2,1-2H3. The number of halogens is 1. The van der Waals surface area contributed by atoms with Crippen molar-refractivity contribution in [2.24, 2.45) is 0 Å². The van der Waals surface area contributed by atoms with Crippen molar-refractivity contribution in [2.75, 3.05) is 0 Å². The van der Waals surface area contributed by atoms with Crippen LogP contribution in [-0.4, -0.2) is 15.9 Å². The normalized spacial score (nSPS) is 10.7. The van der Waals surface area contributed by atoms with E-state index in [0.717, 1.165) is 17.5 Å². The minimum Gasteiger partial charge on any atom is -0.402 e. The number of aryl methyl sites for hydroxylation is 2. The highest BCUT2D eigenvalue weighted by Crippen LogP contribution is 2.20. The third-order valence-electron chi connectivity index (χ3n) is 4.56. The topological polar surface area (TPSA) is 52.1 Å². The molecule has 1 heterocycles. The van der Waals surface area contributed by atoms with Crippen LogP contribution < -0.4 is 4.74 Å². The molecule has 2 aromatic carbocycles. The second-order valence-electron chi connectivity index (χ2n) is 6.60. The van der Waals surface area contributed by atoms with Crippen LogP contribution in [0.25, 0.3) is 11.3 Å². The highest BCUT2D eigenvalue weighted by molar-refractivity contribution is 5.91. The highest BCUT2D eigenvalue weighted by Gasteiger charge is 2.15. The van der Waals surface area contributed by atoms with Gasteiger partial charge < -0.3 is 4.74 Å². The average molecular weight is 378 g/mol. The van der Waals surface area contributed by atoms with E-state index in [2.05, 4.69) is 29.0 Å². The van der Waals surface area contributed by atoms with Gasteiger partial charge in [-0.1, -0.05) is 50.6 Å². The summed E-state index contributed by atoms with van der Waals surface area (Å²) in [4.78, 5) is 20.6. The van der Waals surface area contributed by atoms with Gasteiger partial charge in [-0.25, -0.2) is 19.2 Å². The molecule has 0 unspecified atom stereocenters. The second-order valence-corrected chi connectivity index (χ2v) is 6.60. The predicted molar refractivity (Wildman–Crippen MR) is 107 cm³/mol. The number of carbonyl (C=O) groups excluding carboxylic acids is 1. The zero-order valence-electron chi connectivity index (χ0n) is 16.1. The lowest BCUT2D eigenvalue weighted by Gasteiger charge is -2.07. The van der Waals surface area contributed by atoms with Crippen molar-refractivity contribution in [3.8, 4) is 17.1 Å². The Morgan fingerprint density at radius 3 is 2.36 bits per heavy atom. The lowest BCUT2D eigenvalue weighted by Crippen LogP contribution is -2.12. The molecule has 0 saturated heterocycles. The molecule has 0 fully saturated rings. The van der Waals surface area contributed by atoms with Crippen molar-refractivity contribution in [2.45, 2.75) is 39.5 Å². The number of aromatic nitrogens is 2. The summed E-state index contributed by atoms with van der Waals surface area (Å²) in [5.41, 5.74) is 3.61. The van der Waals surface area contributed by atoms with E-state index in [4.69, 9.17) is 4.74 Å². The van der Waals surface area contributed by atoms with Crippen LogP contribution in [0.5, 0.6) is 5.88 Å². The molecule has 0 aliphatic heterocycles. The fraction of sp³-hybridized carbons (Fsp3) is 0.261. The molecule has 0 radical (unpaired) electrons. The largest absolute Gasteiger partial charge is 0.402 e. The molecule has 3 rings (SSSR count). The number of rotatable bonds is 7. The molecule has 144 valence electrons. The Morgan fingerprint density at radius 1 is 1.00 bits per heavy atom. The molecule has 5 heteroatoms. The molecule has 28 heavy (non-hydrogen) atoms. The second kappa shape index (κ2) is 9.22. The van der Waals surface area contributed by atoms with Crippen LogP contribution in [0.3, 0.4) is 0 Å². The Kier molecular flexibility index (Phi) is 6.48. The Balaban J connectivity index is 1.68. The van der Waals surface area contributed by atoms with Crippen LogP contribution in [-0.2, 0) is 12.8 Å². The Morgan fingerprint density at radius 2 is 1.75 bits per heavy atom. The van der Waals surface area contributed by atoms with Crippen molar-refractivity contribution >= 4 is 5.97 Å². The van der Waals surface area contributed by atoms with Crippen LogP contribution in [0.1, 0.15) is 48.2 Å². The van der Waals surface area contributed by atoms with Gasteiger partial charge in [0, 0.05) is 5.56 Å². The summed E-state index contributed by atoms with van der Waals surface area (Å²) >= 11 is 0. The molecule has 0 N–H and O–H groups in total. The van der Waals surface area contributed by atoms with Crippen LogP contribution in [0.15, 0.2) is 54.9 Å². The van der Waals surface area contributed by atoms with E-state index in [1.807, 2.05) is 19.1 Å². The zero-order valence-corrected chi connectivity index (χ0v) is 16.1. The maximum atomic E-state index is 14.0. The number of carbonyl (C=O) groups is 1. The van der Waals surface area contributed by atoms with Gasteiger partial charge in [-0.15, -0.1) is 0 Å². The first kappa shape index (κ1) is 19.7. The Labute approximate surface area is 164 Å². The average Bonchev–Trinajstić information content (AvgIpc) is 2.73. The first-order valence-corrected chi connectivity index (χ1v) is 9.52. The van der Waals surface area contributed by atoms with Gasteiger partial charge in [0.05, 0.1) is 23.7 Å². The lowest BCUT2D eigenvalue weighted by molar-refractivity contribution is 0.0722. The minimum atomic E-state index is -0.789. The molecule has 3 aromatic rings. The summed E-state index contributed by atoms with van der Waals surface area (Å²) in [6, 6.07) is 12.7. The predicted octanol–water partition coefficient (Wildman–Crippen LogP) is 5.41. The fourth-order valence-corrected chi connectivity index (χ4v) is 2.84. The highest BCUT2D eigenvalue weighted by atomic mass is 19.1. The van der Waals surface area contributed by atoms with Crippen LogP contribution in [0.2, 0.25) is 0 Å². The van der Waals surface area contributed by atoms with Gasteiger partial charge in [-0.05, 0) is 42.5 Å². The number of ether oxygens (including phenoxy) is 1. The van der Waals surface area contributed by atoms with Crippen LogP contribution >= 0.6 is 0 Å².